The fourth-order valence-electron chi connectivity index (χ4n) is 1.31. The second kappa shape index (κ2) is 5.89. The number of aromatic nitrogens is 2. The molecule has 2 aromatic rings. The predicted molar refractivity (Wildman–Crippen MR) is 75.6 cm³/mol. The summed E-state index contributed by atoms with van der Waals surface area (Å²) in [6, 6.07) is 6.57. The normalized spacial score (nSPS) is 11.5. The molecule has 4 N–H and O–H groups in total. The quantitative estimate of drug-likeness (QED) is 0.260. The summed E-state index contributed by atoms with van der Waals surface area (Å²) in [6.45, 7) is 0. The van der Waals surface area contributed by atoms with Gasteiger partial charge in [0.05, 0.1) is 0 Å². The molecule has 0 radical (unpaired) electrons. The Balaban J connectivity index is 2.29. The van der Waals surface area contributed by atoms with E-state index in [2.05, 4.69) is 31.1 Å². The number of rotatable bonds is 3. The van der Waals surface area contributed by atoms with Crippen molar-refractivity contribution in [3.8, 4) is 0 Å². The van der Waals surface area contributed by atoms with Crippen molar-refractivity contribution in [2.45, 2.75) is 10.1 Å². The van der Waals surface area contributed by atoms with Crippen LogP contribution in [-0.4, -0.2) is 21.0 Å². The highest BCUT2D eigenvalue weighted by molar-refractivity contribution is 9.10. The number of H-pyrrole nitrogens is 1. The molecule has 0 saturated heterocycles. The van der Waals surface area contributed by atoms with Gasteiger partial charge in [0.1, 0.15) is 0 Å². The minimum atomic E-state index is -0.207. The van der Waals surface area contributed by atoms with Crippen LogP contribution in [0.3, 0.4) is 0 Å². The van der Waals surface area contributed by atoms with Crippen LogP contribution in [-0.2, 0) is 0 Å². The van der Waals surface area contributed by atoms with Crippen LogP contribution in [0.2, 0.25) is 0 Å². The van der Waals surface area contributed by atoms with Gasteiger partial charge < -0.3 is 15.9 Å². The Morgan fingerprint density at radius 2 is 2.26 bits per heavy atom. The van der Waals surface area contributed by atoms with Crippen LogP contribution in [0.15, 0.2) is 54.9 Å². The van der Waals surface area contributed by atoms with Gasteiger partial charge >= 0.3 is 0 Å². The van der Waals surface area contributed by atoms with Crippen molar-refractivity contribution >= 4 is 33.5 Å². The third-order valence-corrected chi connectivity index (χ3v) is 4.09. The summed E-state index contributed by atoms with van der Waals surface area (Å²) in [5, 5.41) is 12.0. The highest BCUT2D eigenvalue weighted by Gasteiger charge is 2.07. The summed E-state index contributed by atoms with van der Waals surface area (Å²) in [7, 11) is 0. The molecule has 1 aromatic carbocycles. The number of hydrogen-bond donors (Lipinski definition) is 3. The second-order valence-corrected chi connectivity index (χ2v) is 5.36. The number of nitrogens with one attached hydrogen (secondary N) is 1. The fourth-order valence-corrected chi connectivity index (χ4v) is 2.70. The molecule has 0 unspecified atom stereocenters. The van der Waals surface area contributed by atoms with Crippen LogP contribution in [0.5, 0.6) is 0 Å². The maximum Gasteiger partial charge on any atom is 0.251 e. The largest absolute Gasteiger partial charge is 0.409 e. The van der Waals surface area contributed by atoms with Crippen molar-refractivity contribution in [1.29, 1.82) is 0 Å². The predicted octanol–water partition coefficient (Wildman–Crippen LogP) is 1.78. The molecule has 6 nitrogen and oxygen atoms in total. The first-order chi connectivity index (χ1) is 9.10. The summed E-state index contributed by atoms with van der Waals surface area (Å²) >= 11 is 4.69. The third-order valence-electron chi connectivity index (χ3n) is 2.19. The number of halogens is 1. The summed E-state index contributed by atoms with van der Waals surface area (Å²) in [6.07, 6.45) is 1.44. The van der Waals surface area contributed by atoms with E-state index in [9.17, 15) is 4.79 Å². The molecule has 0 aliphatic heterocycles. The maximum atomic E-state index is 11.2. The van der Waals surface area contributed by atoms with Crippen LogP contribution in [0, 0.1) is 0 Å². The topological polar surface area (TPSA) is 104 Å². The Morgan fingerprint density at radius 3 is 2.89 bits per heavy atom. The van der Waals surface area contributed by atoms with Gasteiger partial charge in [0.2, 0.25) is 0 Å². The molecule has 98 valence electrons. The summed E-state index contributed by atoms with van der Waals surface area (Å²) in [4.78, 5) is 18.7. The molecule has 0 atom stereocenters. The molecule has 0 spiro atoms. The average Bonchev–Trinajstić information content (AvgIpc) is 2.40. The summed E-state index contributed by atoms with van der Waals surface area (Å²) in [5.41, 5.74) is 5.88. The monoisotopic (exact) mass is 340 g/mol. The smallest absolute Gasteiger partial charge is 0.251 e. The van der Waals surface area contributed by atoms with Crippen LogP contribution in [0.1, 0.15) is 5.56 Å². The first-order valence-electron chi connectivity index (χ1n) is 5.11. The highest BCUT2D eigenvalue weighted by Crippen LogP contribution is 2.31. The molecule has 1 aromatic heterocycles. The second-order valence-electron chi connectivity index (χ2n) is 3.47. The zero-order valence-corrected chi connectivity index (χ0v) is 11.9. The van der Waals surface area contributed by atoms with Gasteiger partial charge in [0.25, 0.3) is 5.56 Å². The Kier molecular flexibility index (Phi) is 4.23. The van der Waals surface area contributed by atoms with Gasteiger partial charge in [-0.2, -0.15) is 0 Å². The van der Waals surface area contributed by atoms with E-state index < -0.39 is 0 Å². The van der Waals surface area contributed by atoms with Gasteiger partial charge in [-0.25, -0.2) is 4.98 Å². The zero-order valence-electron chi connectivity index (χ0n) is 9.50. The zero-order chi connectivity index (χ0) is 13.8. The van der Waals surface area contributed by atoms with Crippen LogP contribution in [0.25, 0.3) is 0 Å². The highest BCUT2D eigenvalue weighted by atomic mass is 79.9. The Hall–Kier alpha value is -1.80. The third kappa shape index (κ3) is 3.36. The fraction of sp³-hybridized carbons (Fsp3) is 0. The van der Waals surface area contributed by atoms with E-state index >= 15 is 0 Å². The van der Waals surface area contributed by atoms with Gasteiger partial charge in [-0.05, 0) is 34.1 Å². The van der Waals surface area contributed by atoms with E-state index in [0.717, 1.165) is 9.37 Å². The number of hydrogen-bond acceptors (Lipinski definition) is 5. The first kappa shape index (κ1) is 13.6. The maximum absolute atomic E-state index is 11.2. The first-order valence-corrected chi connectivity index (χ1v) is 6.71. The molecule has 0 aliphatic carbocycles. The standard InChI is InChI=1S/C11H9BrN4O2S/c12-7-5-6(10(13)16-18)1-2-8(7)19-11-14-4-3-9(17)15-11/h1-5,18H,(H2,13,16)(H,14,15,17). The SMILES string of the molecule is N/C(=N/O)c1ccc(Sc2nccc(=O)[nH]2)c(Br)c1. The van der Waals surface area contributed by atoms with Gasteiger partial charge in [-0.3, -0.25) is 4.79 Å². The van der Waals surface area contributed by atoms with Gasteiger partial charge in [-0.1, -0.05) is 16.9 Å². The molecule has 0 aliphatic rings. The van der Waals surface area contributed by atoms with Crippen molar-refractivity contribution in [2.24, 2.45) is 10.9 Å². The molecular formula is C11H9BrN4O2S. The molecule has 0 amide bonds. The van der Waals surface area contributed by atoms with Crippen LogP contribution >= 0.6 is 27.7 Å². The Bertz CT molecular complexity index is 686. The van der Waals surface area contributed by atoms with E-state index in [-0.39, 0.29) is 11.4 Å². The Labute approximate surface area is 120 Å². The molecule has 0 saturated carbocycles. The molecule has 8 heteroatoms. The van der Waals surface area contributed by atoms with Crippen molar-refractivity contribution in [1.82, 2.24) is 9.97 Å². The van der Waals surface area contributed by atoms with Crippen molar-refractivity contribution < 1.29 is 5.21 Å². The minimum absolute atomic E-state index is 0.0310. The van der Waals surface area contributed by atoms with Crippen LogP contribution < -0.4 is 11.3 Å². The van der Waals surface area contributed by atoms with Gasteiger partial charge in [0.15, 0.2) is 11.0 Å². The van der Waals surface area contributed by atoms with Gasteiger partial charge in [0, 0.05) is 27.2 Å². The van der Waals surface area contributed by atoms with Crippen LogP contribution in [0.4, 0.5) is 0 Å². The molecule has 0 fully saturated rings. The number of benzene rings is 1. The molecule has 19 heavy (non-hydrogen) atoms. The Morgan fingerprint density at radius 1 is 1.47 bits per heavy atom. The number of nitrogens with two attached hydrogens (primary N) is 1. The average molecular weight is 341 g/mol. The van der Waals surface area contributed by atoms with Crippen molar-refractivity contribution in [3.63, 3.8) is 0 Å². The minimum Gasteiger partial charge on any atom is -0.409 e. The summed E-state index contributed by atoms with van der Waals surface area (Å²) in [5.74, 6) is 0.0310. The number of oxime groups is 1. The van der Waals surface area contributed by atoms with E-state index in [1.807, 2.05) is 0 Å². The lowest BCUT2D eigenvalue weighted by Crippen LogP contribution is -2.12. The molecule has 0 bridgehead atoms. The van der Waals surface area contributed by atoms with E-state index in [0.29, 0.717) is 10.7 Å². The summed E-state index contributed by atoms with van der Waals surface area (Å²) < 4.78 is 0.758. The lowest BCUT2D eigenvalue weighted by atomic mass is 10.2. The van der Waals surface area contributed by atoms with Crippen molar-refractivity contribution in [3.05, 3.63) is 50.9 Å². The van der Waals surface area contributed by atoms with Gasteiger partial charge in [-0.15, -0.1) is 0 Å². The number of aromatic amines is 1. The molecular weight excluding hydrogens is 332 g/mol. The van der Waals surface area contributed by atoms with E-state index in [1.54, 1.807) is 18.2 Å². The lowest BCUT2D eigenvalue weighted by Gasteiger charge is -2.05. The lowest BCUT2D eigenvalue weighted by molar-refractivity contribution is 0.318. The number of nitrogens with zero attached hydrogens (tertiary/aromatic N) is 2. The van der Waals surface area contributed by atoms with E-state index in [1.165, 1.54) is 24.0 Å². The number of amidine groups is 1. The van der Waals surface area contributed by atoms with E-state index in [4.69, 9.17) is 10.9 Å². The molecule has 2 rings (SSSR count). The van der Waals surface area contributed by atoms with Crippen molar-refractivity contribution in [2.75, 3.05) is 0 Å². The molecule has 1 heterocycles.